The van der Waals surface area contributed by atoms with E-state index >= 15 is 0 Å². The zero-order valence-corrected chi connectivity index (χ0v) is 15.4. The fraction of sp³-hybridized carbons (Fsp3) is 0.333. The number of aromatic amines is 1. The molecule has 0 fully saturated rings. The molecule has 3 rings (SSSR count). The lowest BCUT2D eigenvalue weighted by atomic mass is 10.1. The van der Waals surface area contributed by atoms with Gasteiger partial charge in [0.1, 0.15) is 0 Å². The number of para-hydroxylation sites is 1. The quantitative estimate of drug-likeness (QED) is 0.549. The number of anilines is 2. The molecule has 0 radical (unpaired) electrons. The van der Waals surface area contributed by atoms with Crippen molar-refractivity contribution in [2.24, 2.45) is 0 Å². The zero-order chi connectivity index (χ0) is 17.8. The summed E-state index contributed by atoms with van der Waals surface area (Å²) >= 11 is 0. The zero-order valence-electron chi connectivity index (χ0n) is 15.4. The van der Waals surface area contributed by atoms with Crippen molar-refractivity contribution in [2.45, 2.75) is 26.3 Å². The molecule has 0 aliphatic rings. The molecule has 0 saturated carbocycles. The number of unbranched alkanes of at least 4 members (excludes halogenated alkanes) is 1. The number of nitrogens with zero attached hydrogens (tertiary/aromatic N) is 1. The van der Waals surface area contributed by atoms with Crippen LogP contribution in [0.5, 0.6) is 0 Å². The average Bonchev–Trinajstić information content (AvgIpc) is 3.02. The number of H-pyrrole nitrogens is 1. The van der Waals surface area contributed by atoms with E-state index in [1.54, 1.807) is 0 Å². The fourth-order valence-corrected chi connectivity index (χ4v) is 3.32. The minimum Gasteiger partial charge on any atom is -0.397 e. The van der Waals surface area contributed by atoms with Gasteiger partial charge in [-0.25, -0.2) is 0 Å². The lowest BCUT2D eigenvalue weighted by molar-refractivity contribution is 0.321. The van der Waals surface area contributed by atoms with Gasteiger partial charge in [0, 0.05) is 35.8 Å². The highest BCUT2D eigenvalue weighted by Crippen LogP contribution is 2.33. The third-order valence-electron chi connectivity index (χ3n) is 4.67. The van der Waals surface area contributed by atoms with Crippen LogP contribution in [0.1, 0.15) is 25.3 Å². The Bertz CT molecular complexity index is 850. The minimum absolute atomic E-state index is 0.761. The van der Waals surface area contributed by atoms with Crippen LogP contribution in [0, 0.1) is 0 Å². The van der Waals surface area contributed by atoms with Crippen molar-refractivity contribution >= 4 is 22.3 Å². The molecule has 0 aliphatic heterocycles. The van der Waals surface area contributed by atoms with E-state index in [1.807, 2.05) is 19.2 Å². The molecule has 0 unspecified atom stereocenters. The fourth-order valence-electron chi connectivity index (χ4n) is 3.32. The van der Waals surface area contributed by atoms with Crippen molar-refractivity contribution in [3.63, 3.8) is 0 Å². The topological polar surface area (TPSA) is 57.1 Å². The molecule has 4 nitrogen and oxygen atoms in total. The van der Waals surface area contributed by atoms with E-state index in [0.717, 1.165) is 41.2 Å². The molecular formula is C21H28N4. The van der Waals surface area contributed by atoms with Gasteiger partial charge in [-0.1, -0.05) is 31.5 Å². The molecule has 132 valence electrons. The lowest BCUT2D eigenvalue weighted by Crippen LogP contribution is -2.18. The monoisotopic (exact) mass is 336 g/mol. The minimum atomic E-state index is 0.761. The summed E-state index contributed by atoms with van der Waals surface area (Å²) in [6.07, 6.45) is 2.48. The number of hydrogen-bond acceptors (Lipinski definition) is 3. The van der Waals surface area contributed by atoms with Crippen LogP contribution in [0.25, 0.3) is 22.2 Å². The Hall–Kier alpha value is -2.46. The average molecular weight is 336 g/mol. The first-order valence-electron chi connectivity index (χ1n) is 8.99. The number of rotatable bonds is 7. The number of aromatic nitrogens is 1. The molecule has 1 heterocycles. The molecular weight excluding hydrogens is 308 g/mol. The van der Waals surface area contributed by atoms with Gasteiger partial charge < -0.3 is 20.9 Å². The Kier molecular flexibility index (Phi) is 5.29. The van der Waals surface area contributed by atoms with E-state index in [-0.39, 0.29) is 0 Å². The van der Waals surface area contributed by atoms with Gasteiger partial charge in [-0.05, 0) is 49.8 Å². The van der Waals surface area contributed by atoms with E-state index in [4.69, 9.17) is 5.73 Å². The second-order valence-corrected chi connectivity index (χ2v) is 6.72. The SMILES string of the molecule is CCCCN(C)Cc1ccc2[nH]c(-c3cccc(N)c3NC)cc2c1. The first kappa shape index (κ1) is 17.4. The maximum atomic E-state index is 6.10. The highest BCUT2D eigenvalue weighted by atomic mass is 15.1. The molecule has 0 amide bonds. The predicted octanol–water partition coefficient (Wildman–Crippen LogP) is 4.69. The number of nitrogens with two attached hydrogens (primary N) is 1. The predicted molar refractivity (Wildman–Crippen MR) is 109 cm³/mol. The number of hydrogen-bond donors (Lipinski definition) is 3. The second-order valence-electron chi connectivity index (χ2n) is 6.72. The van der Waals surface area contributed by atoms with Gasteiger partial charge in [0.25, 0.3) is 0 Å². The van der Waals surface area contributed by atoms with Crippen LogP contribution in [-0.4, -0.2) is 30.5 Å². The number of benzene rings is 2. The van der Waals surface area contributed by atoms with Crippen LogP contribution >= 0.6 is 0 Å². The van der Waals surface area contributed by atoms with Gasteiger partial charge in [0.2, 0.25) is 0 Å². The summed E-state index contributed by atoms with van der Waals surface area (Å²) in [4.78, 5) is 5.90. The van der Waals surface area contributed by atoms with Gasteiger partial charge in [0.15, 0.2) is 0 Å². The van der Waals surface area contributed by atoms with Crippen LogP contribution in [0.4, 0.5) is 11.4 Å². The van der Waals surface area contributed by atoms with Crippen molar-refractivity contribution in [3.05, 3.63) is 48.0 Å². The Morgan fingerprint density at radius 2 is 2.00 bits per heavy atom. The summed E-state index contributed by atoms with van der Waals surface area (Å²) in [6, 6.07) is 14.9. The van der Waals surface area contributed by atoms with Crippen molar-refractivity contribution in [3.8, 4) is 11.3 Å². The molecule has 25 heavy (non-hydrogen) atoms. The van der Waals surface area contributed by atoms with Crippen LogP contribution in [-0.2, 0) is 6.54 Å². The molecule has 0 spiro atoms. The Balaban J connectivity index is 1.89. The van der Waals surface area contributed by atoms with E-state index in [9.17, 15) is 0 Å². The number of fused-ring (bicyclic) bond motifs is 1. The molecule has 0 saturated heterocycles. The summed E-state index contributed by atoms with van der Waals surface area (Å²) in [5, 5.41) is 4.45. The molecule has 4 heteroatoms. The van der Waals surface area contributed by atoms with E-state index in [2.05, 4.69) is 59.5 Å². The largest absolute Gasteiger partial charge is 0.397 e. The molecule has 3 aromatic rings. The maximum absolute atomic E-state index is 6.10. The molecule has 0 bridgehead atoms. The molecule has 0 atom stereocenters. The molecule has 1 aromatic heterocycles. The number of nitrogens with one attached hydrogen (secondary N) is 2. The summed E-state index contributed by atoms with van der Waals surface area (Å²) < 4.78 is 0. The van der Waals surface area contributed by atoms with Gasteiger partial charge in [0.05, 0.1) is 11.4 Å². The van der Waals surface area contributed by atoms with Gasteiger partial charge in [-0.15, -0.1) is 0 Å². The third-order valence-corrected chi connectivity index (χ3v) is 4.67. The second kappa shape index (κ2) is 7.62. The molecule has 4 N–H and O–H groups in total. The molecule has 2 aromatic carbocycles. The van der Waals surface area contributed by atoms with Crippen molar-refractivity contribution in [2.75, 3.05) is 31.7 Å². The van der Waals surface area contributed by atoms with Crippen molar-refractivity contribution in [1.29, 1.82) is 0 Å². The highest BCUT2D eigenvalue weighted by Gasteiger charge is 2.10. The lowest BCUT2D eigenvalue weighted by Gasteiger charge is -2.16. The third kappa shape index (κ3) is 3.80. The summed E-state index contributed by atoms with van der Waals surface area (Å²) in [6.45, 7) is 4.36. The normalized spacial score (nSPS) is 11.4. The van der Waals surface area contributed by atoms with Crippen LogP contribution in [0.15, 0.2) is 42.5 Å². The number of nitrogen functional groups attached to an aromatic ring is 1. The van der Waals surface area contributed by atoms with Crippen molar-refractivity contribution < 1.29 is 0 Å². The first-order valence-corrected chi connectivity index (χ1v) is 8.99. The molecule has 0 aliphatic carbocycles. The smallest absolute Gasteiger partial charge is 0.0665 e. The van der Waals surface area contributed by atoms with Crippen molar-refractivity contribution in [1.82, 2.24) is 9.88 Å². The maximum Gasteiger partial charge on any atom is 0.0665 e. The van der Waals surface area contributed by atoms with Crippen LogP contribution in [0.3, 0.4) is 0 Å². The standard InChI is InChI=1S/C21H28N4/c1-4-5-11-25(3)14-15-9-10-19-16(12-15)13-20(24-19)17-7-6-8-18(22)21(17)23-2/h6-10,12-13,23-24H,4-5,11,14,22H2,1-3H3. The van der Waals surface area contributed by atoms with E-state index < -0.39 is 0 Å². The van der Waals surface area contributed by atoms with Crippen LogP contribution in [0.2, 0.25) is 0 Å². The van der Waals surface area contributed by atoms with Gasteiger partial charge in [-0.3, -0.25) is 0 Å². The Labute approximate surface area is 150 Å². The summed E-state index contributed by atoms with van der Waals surface area (Å²) in [7, 11) is 4.09. The Morgan fingerprint density at radius 1 is 1.16 bits per heavy atom. The first-order chi connectivity index (χ1) is 12.1. The van der Waals surface area contributed by atoms with E-state index in [0.29, 0.717) is 0 Å². The highest BCUT2D eigenvalue weighted by molar-refractivity contribution is 5.92. The van der Waals surface area contributed by atoms with E-state index in [1.165, 1.54) is 23.8 Å². The van der Waals surface area contributed by atoms with Gasteiger partial charge in [-0.2, -0.15) is 0 Å². The van der Waals surface area contributed by atoms with Crippen LogP contribution < -0.4 is 11.1 Å². The summed E-state index contributed by atoms with van der Waals surface area (Å²) in [5.74, 6) is 0. The summed E-state index contributed by atoms with van der Waals surface area (Å²) in [5.41, 5.74) is 12.5. The Morgan fingerprint density at radius 3 is 2.76 bits per heavy atom. The van der Waals surface area contributed by atoms with Gasteiger partial charge >= 0.3 is 0 Å².